The maximum Gasteiger partial charge on any atom is 0.414 e. The van der Waals surface area contributed by atoms with Crippen LogP contribution < -0.4 is 4.74 Å². The Bertz CT molecular complexity index is 445. The van der Waals surface area contributed by atoms with Gasteiger partial charge in [-0.2, -0.15) is 0 Å². The van der Waals surface area contributed by atoms with Crippen LogP contribution >= 0.6 is 15.9 Å². The predicted molar refractivity (Wildman–Crippen MR) is 65.2 cm³/mol. The second kappa shape index (κ2) is 5.67. The summed E-state index contributed by atoms with van der Waals surface area (Å²) in [5.74, 6) is -0.216. The number of amides is 1. The lowest BCUT2D eigenvalue weighted by Gasteiger charge is -2.12. The molecule has 17 heavy (non-hydrogen) atoms. The van der Waals surface area contributed by atoms with Crippen molar-refractivity contribution in [3.63, 3.8) is 0 Å². The van der Waals surface area contributed by atoms with E-state index in [1.54, 1.807) is 26.2 Å². The van der Waals surface area contributed by atoms with Gasteiger partial charge in [-0.3, -0.25) is 0 Å². The van der Waals surface area contributed by atoms with Gasteiger partial charge in [0.25, 0.3) is 0 Å². The zero-order valence-corrected chi connectivity index (χ0v) is 11.3. The Balaban J connectivity index is 2.99. The average Bonchev–Trinajstić information content (AvgIpc) is 2.30. The molecule has 0 saturated heterocycles. The molecule has 1 rings (SSSR count). The van der Waals surface area contributed by atoms with Crippen molar-refractivity contribution in [3.8, 4) is 5.75 Å². The third-order valence-corrected chi connectivity index (χ3v) is 2.57. The van der Waals surface area contributed by atoms with Crippen LogP contribution in [0.4, 0.5) is 4.79 Å². The van der Waals surface area contributed by atoms with E-state index in [-0.39, 0.29) is 5.75 Å². The Labute approximate surface area is 107 Å². The van der Waals surface area contributed by atoms with E-state index in [4.69, 9.17) is 4.74 Å². The van der Waals surface area contributed by atoms with Crippen LogP contribution in [0.25, 0.3) is 0 Å². The minimum absolute atomic E-state index is 0.270. The normalized spacial score (nSPS) is 9.65. The molecule has 0 radical (unpaired) electrons. The van der Waals surface area contributed by atoms with E-state index in [0.29, 0.717) is 10.0 Å². The summed E-state index contributed by atoms with van der Waals surface area (Å²) in [7, 11) is 4.43. The standard InChI is InChI=1S/C11H12BrNO4/c1-13(2)11(15)17-9-6-7(10(14)16-3)4-5-8(9)12/h4-6H,1-3H3. The predicted octanol–water partition coefficient (Wildman–Crippen LogP) is 2.30. The van der Waals surface area contributed by atoms with Gasteiger partial charge in [-0.15, -0.1) is 0 Å². The van der Waals surface area contributed by atoms with Crippen molar-refractivity contribution in [2.45, 2.75) is 0 Å². The highest BCUT2D eigenvalue weighted by atomic mass is 79.9. The Morgan fingerprint density at radius 3 is 2.47 bits per heavy atom. The zero-order chi connectivity index (χ0) is 13.0. The molecule has 0 aliphatic heterocycles. The Hall–Kier alpha value is -1.56. The SMILES string of the molecule is COC(=O)c1ccc(Br)c(OC(=O)N(C)C)c1. The number of carbonyl (C=O) groups is 2. The number of esters is 1. The summed E-state index contributed by atoms with van der Waals surface area (Å²) < 4.78 is 10.2. The molecular weight excluding hydrogens is 290 g/mol. The molecular formula is C11H12BrNO4. The molecule has 1 aromatic rings. The lowest BCUT2D eigenvalue weighted by Crippen LogP contribution is -2.25. The molecule has 0 atom stereocenters. The van der Waals surface area contributed by atoms with E-state index in [0.717, 1.165) is 0 Å². The van der Waals surface area contributed by atoms with Gasteiger partial charge < -0.3 is 14.4 Å². The van der Waals surface area contributed by atoms with Gasteiger partial charge in [0.2, 0.25) is 0 Å². The summed E-state index contributed by atoms with van der Waals surface area (Å²) in [6.45, 7) is 0. The molecule has 0 unspecified atom stereocenters. The largest absolute Gasteiger partial charge is 0.465 e. The van der Waals surface area contributed by atoms with Crippen LogP contribution in [0.15, 0.2) is 22.7 Å². The molecule has 5 nitrogen and oxygen atoms in total. The van der Waals surface area contributed by atoms with Gasteiger partial charge in [0.05, 0.1) is 17.1 Å². The summed E-state index contributed by atoms with van der Waals surface area (Å²) in [5, 5.41) is 0. The van der Waals surface area contributed by atoms with Gasteiger partial charge in [0.15, 0.2) is 0 Å². The van der Waals surface area contributed by atoms with Crippen LogP contribution in [0.5, 0.6) is 5.75 Å². The van der Waals surface area contributed by atoms with Crippen molar-refractivity contribution >= 4 is 28.0 Å². The van der Waals surface area contributed by atoms with E-state index in [2.05, 4.69) is 20.7 Å². The van der Waals surface area contributed by atoms with Gasteiger partial charge in [-0.05, 0) is 34.1 Å². The number of carbonyl (C=O) groups excluding carboxylic acids is 2. The van der Waals surface area contributed by atoms with Gasteiger partial charge in [-0.25, -0.2) is 9.59 Å². The van der Waals surface area contributed by atoms with Crippen LogP contribution in [0.2, 0.25) is 0 Å². The second-order valence-electron chi connectivity index (χ2n) is 3.40. The number of ether oxygens (including phenoxy) is 2. The Morgan fingerprint density at radius 1 is 1.29 bits per heavy atom. The molecule has 0 bridgehead atoms. The molecule has 92 valence electrons. The third kappa shape index (κ3) is 3.45. The van der Waals surface area contributed by atoms with Gasteiger partial charge >= 0.3 is 12.1 Å². The minimum Gasteiger partial charge on any atom is -0.465 e. The van der Waals surface area contributed by atoms with E-state index < -0.39 is 12.1 Å². The molecule has 0 saturated carbocycles. The van der Waals surface area contributed by atoms with Gasteiger partial charge in [0.1, 0.15) is 5.75 Å². The number of rotatable bonds is 2. The lowest BCUT2D eigenvalue weighted by molar-refractivity contribution is 0.0600. The first-order valence-electron chi connectivity index (χ1n) is 4.72. The maximum absolute atomic E-state index is 11.4. The number of methoxy groups -OCH3 is 1. The van der Waals surface area contributed by atoms with Crippen molar-refractivity contribution in [3.05, 3.63) is 28.2 Å². The number of benzene rings is 1. The molecule has 0 fully saturated rings. The lowest BCUT2D eigenvalue weighted by atomic mass is 10.2. The van der Waals surface area contributed by atoms with Crippen molar-refractivity contribution in [1.82, 2.24) is 4.90 Å². The fourth-order valence-corrected chi connectivity index (χ4v) is 1.34. The molecule has 6 heteroatoms. The summed E-state index contributed by atoms with van der Waals surface area (Å²) in [6.07, 6.45) is -0.521. The van der Waals surface area contributed by atoms with Gasteiger partial charge in [-0.1, -0.05) is 0 Å². The monoisotopic (exact) mass is 301 g/mol. The quantitative estimate of drug-likeness (QED) is 0.787. The summed E-state index contributed by atoms with van der Waals surface area (Å²) in [4.78, 5) is 24.0. The Morgan fingerprint density at radius 2 is 1.94 bits per heavy atom. The van der Waals surface area contributed by atoms with Crippen molar-refractivity contribution in [2.75, 3.05) is 21.2 Å². The molecule has 0 aliphatic carbocycles. The molecule has 0 aromatic heterocycles. The van der Waals surface area contributed by atoms with Gasteiger partial charge in [0, 0.05) is 14.1 Å². The zero-order valence-electron chi connectivity index (χ0n) is 9.69. The average molecular weight is 302 g/mol. The van der Waals surface area contributed by atoms with E-state index in [1.807, 2.05) is 0 Å². The smallest absolute Gasteiger partial charge is 0.414 e. The van der Waals surface area contributed by atoms with E-state index in [9.17, 15) is 9.59 Å². The molecule has 0 N–H and O–H groups in total. The first kappa shape index (κ1) is 13.5. The molecule has 0 aliphatic rings. The third-order valence-electron chi connectivity index (χ3n) is 1.91. The number of hydrogen-bond acceptors (Lipinski definition) is 4. The molecule has 0 heterocycles. The highest BCUT2D eigenvalue weighted by Crippen LogP contribution is 2.26. The highest BCUT2D eigenvalue weighted by Gasteiger charge is 2.13. The topological polar surface area (TPSA) is 55.8 Å². The van der Waals surface area contributed by atoms with Crippen LogP contribution in [0.3, 0.4) is 0 Å². The van der Waals surface area contributed by atoms with Crippen LogP contribution in [0.1, 0.15) is 10.4 Å². The summed E-state index contributed by atoms with van der Waals surface area (Å²) >= 11 is 3.23. The van der Waals surface area contributed by atoms with E-state index in [1.165, 1.54) is 18.1 Å². The van der Waals surface area contributed by atoms with Crippen LogP contribution in [0, 0.1) is 0 Å². The Kier molecular flexibility index (Phi) is 4.51. The highest BCUT2D eigenvalue weighted by molar-refractivity contribution is 9.10. The molecule has 1 aromatic carbocycles. The summed E-state index contributed by atoms with van der Waals surface area (Å²) in [6, 6.07) is 4.63. The summed E-state index contributed by atoms with van der Waals surface area (Å²) in [5.41, 5.74) is 0.317. The molecule has 1 amide bonds. The van der Waals surface area contributed by atoms with E-state index >= 15 is 0 Å². The maximum atomic E-state index is 11.4. The molecule has 0 spiro atoms. The second-order valence-corrected chi connectivity index (χ2v) is 4.25. The van der Waals surface area contributed by atoms with Crippen LogP contribution in [-0.4, -0.2) is 38.2 Å². The van der Waals surface area contributed by atoms with Crippen molar-refractivity contribution < 1.29 is 19.1 Å². The first-order chi connectivity index (χ1) is 7.95. The number of nitrogens with zero attached hydrogens (tertiary/aromatic N) is 1. The number of halogens is 1. The van der Waals surface area contributed by atoms with Crippen molar-refractivity contribution in [2.24, 2.45) is 0 Å². The minimum atomic E-state index is -0.521. The fourth-order valence-electron chi connectivity index (χ4n) is 1.01. The van der Waals surface area contributed by atoms with Crippen LogP contribution in [-0.2, 0) is 4.74 Å². The fraction of sp³-hybridized carbons (Fsp3) is 0.273. The number of hydrogen-bond donors (Lipinski definition) is 0. The first-order valence-corrected chi connectivity index (χ1v) is 5.52. The van der Waals surface area contributed by atoms with Crippen molar-refractivity contribution in [1.29, 1.82) is 0 Å².